The van der Waals surface area contributed by atoms with Crippen LogP contribution in [0.2, 0.25) is 0 Å². The first-order chi connectivity index (χ1) is 7.76. The molecule has 0 amide bonds. The van der Waals surface area contributed by atoms with Crippen LogP contribution in [0.5, 0.6) is 0 Å². The van der Waals surface area contributed by atoms with Gasteiger partial charge in [-0.05, 0) is 6.92 Å². The molecule has 4 nitrogen and oxygen atoms in total. The molecule has 0 spiro atoms. The predicted molar refractivity (Wildman–Crippen MR) is 63.5 cm³/mol. The molecule has 1 aliphatic rings. The monoisotopic (exact) mass is 223 g/mol. The fourth-order valence-corrected chi connectivity index (χ4v) is 2.24. The lowest BCUT2D eigenvalue weighted by Crippen LogP contribution is -2.26. The van der Waals surface area contributed by atoms with Gasteiger partial charge in [0.05, 0.1) is 11.8 Å². The van der Waals surface area contributed by atoms with Crippen LogP contribution in [0.15, 0.2) is 0 Å². The molecule has 90 valence electrons. The van der Waals surface area contributed by atoms with Gasteiger partial charge in [0.25, 0.3) is 0 Å². The zero-order valence-corrected chi connectivity index (χ0v) is 10.4. The van der Waals surface area contributed by atoms with Crippen molar-refractivity contribution in [1.82, 2.24) is 14.9 Å². The molecule has 0 radical (unpaired) electrons. The van der Waals surface area contributed by atoms with Gasteiger partial charge in [-0.15, -0.1) is 0 Å². The van der Waals surface area contributed by atoms with Crippen LogP contribution < -0.4 is 5.32 Å². The van der Waals surface area contributed by atoms with Crippen LogP contribution in [-0.4, -0.2) is 29.3 Å². The summed E-state index contributed by atoms with van der Waals surface area (Å²) in [7, 11) is 1.77. The van der Waals surface area contributed by atoms with Crippen LogP contribution in [0.1, 0.15) is 31.1 Å². The quantitative estimate of drug-likeness (QED) is 0.831. The van der Waals surface area contributed by atoms with Gasteiger partial charge >= 0.3 is 0 Å². The number of methoxy groups -OCH3 is 1. The van der Waals surface area contributed by atoms with Crippen LogP contribution >= 0.6 is 0 Å². The summed E-state index contributed by atoms with van der Waals surface area (Å²) in [5.41, 5.74) is 2.63. The molecule has 1 aliphatic heterocycles. The molecule has 0 saturated heterocycles. The highest BCUT2D eigenvalue weighted by Gasteiger charge is 2.19. The highest BCUT2D eigenvalue weighted by Crippen LogP contribution is 2.17. The molecule has 1 N–H and O–H groups in total. The van der Waals surface area contributed by atoms with E-state index in [4.69, 9.17) is 9.72 Å². The third kappa shape index (κ3) is 2.13. The van der Waals surface area contributed by atoms with Gasteiger partial charge in [-0.2, -0.15) is 0 Å². The summed E-state index contributed by atoms with van der Waals surface area (Å²) in [6.45, 7) is 7.16. The molecule has 16 heavy (non-hydrogen) atoms. The van der Waals surface area contributed by atoms with E-state index < -0.39 is 0 Å². The van der Waals surface area contributed by atoms with Crippen molar-refractivity contribution < 1.29 is 4.74 Å². The third-order valence-corrected chi connectivity index (χ3v) is 3.22. The van der Waals surface area contributed by atoms with E-state index >= 15 is 0 Å². The van der Waals surface area contributed by atoms with E-state index in [1.807, 2.05) is 0 Å². The lowest BCUT2D eigenvalue weighted by atomic mass is 10.2. The maximum Gasteiger partial charge on any atom is 0.109 e. The molecule has 1 atom stereocenters. The minimum atomic E-state index is 0.249. The highest BCUT2D eigenvalue weighted by atomic mass is 16.5. The Morgan fingerprint density at radius 3 is 3.06 bits per heavy atom. The molecule has 0 fully saturated rings. The standard InChI is InChI=1S/C12H21N3O/c1-4-12-14-10-7-13-6-5-11(10)15(12)8-9(2)16-3/h9,13H,4-8H2,1-3H3. The molecule has 4 heteroatoms. The first kappa shape index (κ1) is 11.6. The highest BCUT2D eigenvalue weighted by molar-refractivity contribution is 5.20. The van der Waals surface area contributed by atoms with E-state index in [-0.39, 0.29) is 6.10 Å². The lowest BCUT2D eigenvalue weighted by Gasteiger charge is -2.18. The predicted octanol–water partition coefficient (Wildman–Crippen LogP) is 1.13. The molecule has 2 heterocycles. The van der Waals surface area contributed by atoms with Crippen LogP contribution in [0, 0.1) is 0 Å². The molecule has 1 aromatic rings. The van der Waals surface area contributed by atoms with Crippen LogP contribution in [0.25, 0.3) is 0 Å². The van der Waals surface area contributed by atoms with Gasteiger partial charge in [0.2, 0.25) is 0 Å². The van der Waals surface area contributed by atoms with Gasteiger partial charge in [0, 0.05) is 45.3 Å². The summed E-state index contributed by atoms with van der Waals surface area (Å²) >= 11 is 0. The average molecular weight is 223 g/mol. The number of fused-ring (bicyclic) bond motifs is 1. The molecule has 1 unspecified atom stereocenters. The number of hydrogen-bond acceptors (Lipinski definition) is 3. The van der Waals surface area contributed by atoms with E-state index in [9.17, 15) is 0 Å². The zero-order chi connectivity index (χ0) is 11.5. The van der Waals surface area contributed by atoms with Gasteiger partial charge in [-0.25, -0.2) is 4.98 Å². The summed E-state index contributed by atoms with van der Waals surface area (Å²) < 4.78 is 7.70. The second-order valence-corrected chi connectivity index (χ2v) is 4.36. The third-order valence-electron chi connectivity index (χ3n) is 3.22. The minimum absolute atomic E-state index is 0.249. The second-order valence-electron chi connectivity index (χ2n) is 4.36. The van der Waals surface area contributed by atoms with Crippen molar-refractivity contribution in [1.29, 1.82) is 0 Å². The summed E-state index contributed by atoms with van der Waals surface area (Å²) in [5, 5.41) is 3.37. The number of aryl methyl sites for hydroxylation is 1. The number of ether oxygens (including phenoxy) is 1. The average Bonchev–Trinajstić information content (AvgIpc) is 2.67. The van der Waals surface area contributed by atoms with Gasteiger partial charge in [0.15, 0.2) is 0 Å². The van der Waals surface area contributed by atoms with Crippen LogP contribution in [0.3, 0.4) is 0 Å². The Balaban J connectivity index is 2.29. The number of imidazole rings is 1. The summed E-state index contributed by atoms with van der Waals surface area (Å²) in [4.78, 5) is 4.70. The molecular formula is C12H21N3O. The van der Waals surface area contributed by atoms with Crippen molar-refractivity contribution >= 4 is 0 Å². The molecule has 0 aromatic carbocycles. The van der Waals surface area contributed by atoms with Crippen molar-refractivity contribution in [3.05, 3.63) is 17.2 Å². The molecule has 0 saturated carbocycles. The van der Waals surface area contributed by atoms with E-state index in [2.05, 4.69) is 23.7 Å². The Labute approximate surface area is 97.0 Å². The van der Waals surface area contributed by atoms with Crippen molar-refractivity contribution in [2.75, 3.05) is 13.7 Å². The number of nitrogens with one attached hydrogen (secondary N) is 1. The van der Waals surface area contributed by atoms with Crippen molar-refractivity contribution in [2.24, 2.45) is 0 Å². The number of hydrogen-bond donors (Lipinski definition) is 1. The Morgan fingerprint density at radius 1 is 1.56 bits per heavy atom. The molecule has 0 bridgehead atoms. The molecule has 2 rings (SSSR count). The fourth-order valence-electron chi connectivity index (χ4n) is 2.24. The number of nitrogens with zero attached hydrogens (tertiary/aromatic N) is 2. The van der Waals surface area contributed by atoms with Crippen molar-refractivity contribution in [2.45, 2.75) is 45.9 Å². The van der Waals surface area contributed by atoms with E-state index in [1.54, 1.807) is 7.11 Å². The molecule has 1 aromatic heterocycles. The van der Waals surface area contributed by atoms with Crippen molar-refractivity contribution in [3.63, 3.8) is 0 Å². The Morgan fingerprint density at radius 2 is 2.38 bits per heavy atom. The van der Waals surface area contributed by atoms with Crippen molar-refractivity contribution in [3.8, 4) is 0 Å². The molecule has 0 aliphatic carbocycles. The molecular weight excluding hydrogens is 202 g/mol. The first-order valence-electron chi connectivity index (χ1n) is 6.07. The Kier molecular flexibility index (Phi) is 3.61. The fraction of sp³-hybridized carbons (Fsp3) is 0.750. The van der Waals surface area contributed by atoms with E-state index in [1.165, 1.54) is 17.2 Å². The van der Waals surface area contributed by atoms with Gasteiger partial charge in [-0.3, -0.25) is 0 Å². The van der Waals surface area contributed by atoms with E-state index in [0.29, 0.717) is 0 Å². The topological polar surface area (TPSA) is 39.1 Å². The Hall–Kier alpha value is -0.870. The number of aromatic nitrogens is 2. The van der Waals surface area contributed by atoms with Gasteiger partial charge in [0.1, 0.15) is 5.82 Å². The number of rotatable bonds is 4. The summed E-state index contributed by atoms with van der Waals surface area (Å²) in [6.07, 6.45) is 2.32. The van der Waals surface area contributed by atoms with Crippen LogP contribution in [-0.2, 0) is 30.7 Å². The van der Waals surface area contributed by atoms with E-state index in [0.717, 1.165) is 32.5 Å². The SMILES string of the molecule is CCc1nc2c(n1CC(C)OC)CCNC2. The summed E-state index contributed by atoms with van der Waals surface area (Å²) in [6, 6.07) is 0. The Bertz CT molecular complexity index is 359. The smallest absolute Gasteiger partial charge is 0.109 e. The largest absolute Gasteiger partial charge is 0.380 e. The van der Waals surface area contributed by atoms with Gasteiger partial charge in [-0.1, -0.05) is 6.92 Å². The van der Waals surface area contributed by atoms with Gasteiger partial charge < -0.3 is 14.6 Å². The second kappa shape index (κ2) is 4.97. The maximum atomic E-state index is 5.35. The normalized spacial score (nSPS) is 17.2. The minimum Gasteiger partial charge on any atom is -0.380 e. The maximum absolute atomic E-state index is 5.35. The lowest BCUT2D eigenvalue weighted by molar-refractivity contribution is 0.102. The van der Waals surface area contributed by atoms with Crippen LogP contribution in [0.4, 0.5) is 0 Å². The zero-order valence-electron chi connectivity index (χ0n) is 10.4. The summed E-state index contributed by atoms with van der Waals surface area (Å²) in [5.74, 6) is 1.19. The first-order valence-corrected chi connectivity index (χ1v) is 6.07.